The molecule has 0 spiro atoms. The molecule has 0 saturated carbocycles. The zero-order valence-electron chi connectivity index (χ0n) is 13.9. The number of nitrogens with zero attached hydrogens (tertiary/aromatic N) is 3. The summed E-state index contributed by atoms with van der Waals surface area (Å²) in [6.07, 6.45) is 0.676. The topological polar surface area (TPSA) is 99.3 Å². The highest BCUT2D eigenvalue weighted by atomic mass is 16.2. The van der Waals surface area contributed by atoms with E-state index >= 15 is 0 Å². The van der Waals surface area contributed by atoms with Gasteiger partial charge in [0.25, 0.3) is 0 Å². The number of nitrogens with two attached hydrogens (primary N) is 1. The Labute approximate surface area is 141 Å². The highest BCUT2D eigenvalue weighted by molar-refractivity contribution is 5.49. The lowest BCUT2D eigenvalue weighted by Crippen LogP contribution is -2.57. The summed E-state index contributed by atoms with van der Waals surface area (Å²) in [5, 5.41) is 15.5. The molecule has 0 bridgehead atoms. The van der Waals surface area contributed by atoms with Gasteiger partial charge in [-0.05, 0) is 31.2 Å². The van der Waals surface area contributed by atoms with Crippen molar-refractivity contribution < 1.29 is 5.11 Å². The predicted octanol–water partition coefficient (Wildman–Crippen LogP) is 0.614. The van der Waals surface area contributed by atoms with E-state index in [1.54, 1.807) is 0 Å². The van der Waals surface area contributed by atoms with Crippen LogP contribution in [0.15, 0.2) is 30.3 Å². The van der Waals surface area contributed by atoms with Crippen molar-refractivity contribution in [1.29, 1.82) is 0 Å². The maximum atomic E-state index is 8.95. The minimum Gasteiger partial charge on any atom is -0.396 e. The Hall–Kier alpha value is -2.38. The quantitative estimate of drug-likeness (QED) is 0.591. The molecule has 128 valence electrons. The second-order valence-corrected chi connectivity index (χ2v) is 5.99. The number of aromatic nitrogens is 2. The van der Waals surface area contributed by atoms with Crippen LogP contribution in [0.2, 0.25) is 0 Å². The van der Waals surface area contributed by atoms with E-state index in [0.717, 1.165) is 35.9 Å². The first-order valence-electron chi connectivity index (χ1n) is 8.17. The van der Waals surface area contributed by atoms with Crippen LogP contribution in [-0.4, -0.2) is 47.9 Å². The normalized spacial score (nSPS) is 14.5. The summed E-state index contributed by atoms with van der Waals surface area (Å²) in [6.45, 7) is 2.63. The van der Waals surface area contributed by atoms with Crippen molar-refractivity contribution in [1.82, 2.24) is 15.3 Å². The van der Waals surface area contributed by atoms with E-state index in [9.17, 15) is 0 Å². The lowest BCUT2D eigenvalue weighted by Gasteiger charge is -2.40. The van der Waals surface area contributed by atoms with Gasteiger partial charge in [0.2, 0.25) is 5.95 Å². The molecule has 5 N–H and O–H groups in total. The van der Waals surface area contributed by atoms with Crippen LogP contribution in [0, 0.1) is 0 Å². The Morgan fingerprint density at radius 3 is 2.67 bits per heavy atom. The summed E-state index contributed by atoms with van der Waals surface area (Å²) in [7, 11) is 1.97. The van der Waals surface area contributed by atoms with Gasteiger partial charge in [-0.1, -0.05) is 12.1 Å². The minimum atomic E-state index is 0.167. The molecule has 0 amide bonds. The molecule has 1 aliphatic heterocycles. The van der Waals surface area contributed by atoms with Crippen LogP contribution in [0.4, 0.5) is 17.5 Å². The van der Waals surface area contributed by atoms with E-state index in [1.165, 1.54) is 0 Å². The average molecular weight is 328 g/mol. The van der Waals surface area contributed by atoms with Gasteiger partial charge in [-0.15, -0.1) is 0 Å². The summed E-state index contributed by atoms with van der Waals surface area (Å²) < 4.78 is 0. The Balaban J connectivity index is 1.61. The third-order valence-corrected chi connectivity index (χ3v) is 4.22. The van der Waals surface area contributed by atoms with Gasteiger partial charge in [-0.2, -0.15) is 4.98 Å². The first-order chi connectivity index (χ1) is 11.7. The number of nitrogen functional groups attached to an aromatic ring is 1. The second kappa shape index (κ2) is 7.46. The first kappa shape index (κ1) is 16.5. The number of aliphatic hydroxyl groups is 1. The highest BCUT2D eigenvalue weighted by Gasteiger charge is 2.26. The molecule has 24 heavy (non-hydrogen) atoms. The monoisotopic (exact) mass is 328 g/mol. The largest absolute Gasteiger partial charge is 0.396 e. The molecule has 0 unspecified atom stereocenters. The van der Waals surface area contributed by atoms with Gasteiger partial charge in [-0.3, -0.25) is 0 Å². The summed E-state index contributed by atoms with van der Waals surface area (Å²) in [5.74, 6) is 1.18. The molecule has 1 aromatic heterocycles. The van der Waals surface area contributed by atoms with Crippen LogP contribution in [0.25, 0.3) is 0 Å². The lowest BCUT2D eigenvalue weighted by atomic mass is 10.1. The van der Waals surface area contributed by atoms with Crippen molar-refractivity contribution in [3.05, 3.63) is 41.6 Å². The summed E-state index contributed by atoms with van der Waals surface area (Å²) in [5.41, 5.74) is 8.84. The Morgan fingerprint density at radius 2 is 2.00 bits per heavy atom. The summed E-state index contributed by atoms with van der Waals surface area (Å²) in [4.78, 5) is 10.8. The zero-order valence-corrected chi connectivity index (χ0v) is 13.9. The SMILES string of the molecule is CNC1CN(c2cc(CNc3ccc(CCO)cc3)nc(N)n2)C1. The van der Waals surface area contributed by atoms with Crippen molar-refractivity contribution in [2.24, 2.45) is 0 Å². The third-order valence-electron chi connectivity index (χ3n) is 4.22. The Kier molecular flexibility index (Phi) is 5.12. The first-order valence-corrected chi connectivity index (χ1v) is 8.17. The predicted molar refractivity (Wildman–Crippen MR) is 96.1 cm³/mol. The van der Waals surface area contributed by atoms with E-state index < -0.39 is 0 Å². The number of hydrogen-bond donors (Lipinski definition) is 4. The maximum Gasteiger partial charge on any atom is 0.222 e. The van der Waals surface area contributed by atoms with Crippen molar-refractivity contribution >= 4 is 17.5 Å². The standard InChI is InChI=1S/C17H24N6O/c1-19-15-10-23(11-15)16-8-14(21-17(18)22-16)9-20-13-4-2-12(3-5-13)6-7-24/h2-5,8,15,19-20,24H,6-7,9-11H2,1H3,(H2,18,21,22). The molecule has 0 radical (unpaired) electrons. The van der Waals surface area contributed by atoms with Gasteiger partial charge in [0, 0.05) is 37.5 Å². The number of rotatable bonds is 7. The second-order valence-electron chi connectivity index (χ2n) is 5.99. The number of anilines is 3. The number of aliphatic hydroxyl groups excluding tert-OH is 1. The molecule has 0 aliphatic carbocycles. The molecule has 2 heterocycles. The van der Waals surface area contributed by atoms with Crippen LogP contribution in [0.3, 0.4) is 0 Å². The van der Waals surface area contributed by atoms with Gasteiger partial charge in [-0.25, -0.2) is 4.98 Å². The molecule has 2 aromatic rings. The van der Waals surface area contributed by atoms with Gasteiger partial charge in [0.05, 0.1) is 12.2 Å². The van der Waals surface area contributed by atoms with Crippen molar-refractivity contribution in [3.8, 4) is 0 Å². The van der Waals surface area contributed by atoms with Crippen LogP contribution < -0.4 is 21.3 Å². The fourth-order valence-electron chi connectivity index (χ4n) is 2.71. The summed E-state index contributed by atoms with van der Waals surface area (Å²) in [6, 6.07) is 10.5. The Morgan fingerprint density at radius 1 is 1.25 bits per heavy atom. The molecule has 0 atom stereocenters. The number of hydrogen-bond acceptors (Lipinski definition) is 7. The van der Waals surface area contributed by atoms with Crippen molar-refractivity contribution in [2.75, 3.05) is 42.7 Å². The van der Waals surface area contributed by atoms with Gasteiger partial charge in [0.1, 0.15) is 5.82 Å². The van der Waals surface area contributed by atoms with Crippen LogP contribution in [0.5, 0.6) is 0 Å². The van der Waals surface area contributed by atoms with Crippen LogP contribution in [-0.2, 0) is 13.0 Å². The molecular weight excluding hydrogens is 304 g/mol. The minimum absolute atomic E-state index is 0.167. The highest BCUT2D eigenvalue weighted by Crippen LogP contribution is 2.20. The molecule has 7 nitrogen and oxygen atoms in total. The average Bonchev–Trinajstić information content (AvgIpc) is 2.53. The van der Waals surface area contributed by atoms with Gasteiger partial charge in [0.15, 0.2) is 0 Å². The lowest BCUT2D eigenvalue weighted by molar-refractivity contribution is 0.299. The van der Waals surface area contributed by atoms with Crippen molar-refractivity contribution in [2.45, 2.75) is 19.0 Å². The maximum absolute atomic E-state index is 8.95. The zero-order chi connectivity index (χ0) is 16.9. The third kappa shape index (κ3) is 3.93. The van der Waals surface area contributed by atoms with E-state index in [0.29, 0.717) is 25.0 Å². The number of likely N-dealkylation sites (N-methyl/N-ethyl adjacent to an activating group) is 1. The van der Waals surface area contributed by atoms with E-state index in [4.69, 9.17) is 10.8 Å². The van der Waals surface area contributed by atoms with E-state index in [1.807, 2.05) is 37.4 Å². The Bertz CT molecular complexity index is 669. The van der Waals surface area contributed by atoms with Crippen LogP contribution in [0.1, 0.15) is 11.3 Å². The van der Waals surface area contributed by atoms with Crippen molar-refractivity contribution in [3.63, 3.8) is 0 Å². The number of benzene rings is 1. The molecule has 1 saturated heterocycles. The molecule has 7 heteroatoms. The summed E-state index contributed by atoms with van der Waals surface area (Å²) >= 11 is 0. The molecule has 1 aromatic carbocycles. The molecular formula is C17H24N6O. The van der Waals surface area contributed by atoms with E-state index in [2.05, 4.69) is 25.5 Å². The van der Waals surface area contributed by atoms with Crippen LogP contribution >= 0.6 is 0 Å². The fourth-order valence-corrected chi connectivity index (χ4v) is 2.71. The molecule has 3 rings (SSSR count). The van der Waals surface area contributed by atoms with Gasteiger partial charge < -0.3 is 26.4 Å². The smallest absolute Gasteiger partial charge is 0.222 e. The van der Waals surface area contributed by atoms with E-state index in [-0.39, 0.29) is 6.61 Å². The molecule has 1 fully saturated rings. The number of nitrogens with one attached hydrogen (secondary N) is 2. The van der Waals surface area contributed by atoms with Gasteiger partial charge >= 0.3 is 0 Å². The fraction of sp³-hybridized carbons (Fsp3) is 0.412. The molecule has 1 aliphatic rings.